The Morgan fingerprint density at radius 1 is 0.828 bits per heavy atom. The largest absolute Gasteiger partial charge is 0.424 e. The minimum absolute atomic E-state index is 0.470. The van der Waals surface area contributed by atoms with Gasteiger partial charge in [-0.1, -0.05) is 36.4 Å². The van der Waals surface area contributed by atoms with Gasteiger partial charge in [-0.2, -0.15) is 0 Å². The molecular formula is C22H24O7. The maximum absolute atomic E-state index is 13.1. The minimum Gasteiger partial charge on any atom is -0.424 e. The summed E-state index contributed by atoms with van der Waals surface area (Å²) >= 11 is 0. The molecule has 7 nitrogen and oxygen atoms in total. The van der Waals surface area contributed by atoms with Gasteiger partial charge in [0.2, 0.25) is 0 Å². The van der Waals surface area contributed by atoms with Crippen LogP contribution in [0.15, 0.2) is 42.5 Å². The highest BCUT2D eigenvalue weighted by Crippen LogP contribution is 2.44. The molecular weight excluding hydrogens is 376 g/mol. The van der Waals surface area contributed by atoms with E-state index in [0.717, 1.165) is 10.8 Å². The van der Waals surface area contributed by atoms with Crippen molar-refractivity contribution in [2.75, 3.05) is 0 Å². The molecule has 0 unspecified atom stereocenters. The van der Waals surface area contributed by atoms with Crippen molar-refractivity contribution in [1.82, 2.24) is 0 Å². The molecule has 0 spiro atoms. The first-order valence-corrected chi connectivity index (χ1v) is 9.79. The zero-order chi connectivity index (χ0) is 20.4. The SMILES string of the molecule is CC1(C)O[C@@H]2O[C@H](C(=O)Oc3cccc4ccccc34)[C@@H]3OC(C)(C)O[C@@H]3[C@@H]2O1. The zero-order valence-electron chi connectivity index (χ0n) is 16.8. The molecule has 0 amide bonds. The minimum atomic E-state index is -1.00. The van der Waals surface area contributed by atoms with E-state index in [1.54, 1.807) is 33.8 Å². The number of ether oxygens (including phenoxy) is 6. The predicted octanol–water partition coefficient (Wildman–Crippen LogP) is 3.14. The van der Waals surface area contributed by atoms with E-state index in [2.05, 4.69) is 0 Å². The van der Waals surface area contributed by atoms with Crippen LogP contribution < -0.4 is 4.74 Å². The average Bonchev–Trinajstić information content (AvgIpc) is 3.15. The third kappa shape index (κ3) is 3.33. The molecule has 3 aliphatic rings. The first-order chi connectivity index (χ1) is 13.7. The summed E-state index contributed by atoms with van der Waals surface area (Å²) < 4.78 is 35.6. The fraction of sp³-hybridized carbons (Fsp3) is 0.500. The normalized spacial score (nSPS) is 34.6. The Labute approximate surface area is 168 Å². The van der Waals surface area contributed by atoms with E-state index in [9.17, 15) is 4.79 Å². The highest BCUT2D eigenvalue weighted by Gasteiger charge is 2.62. The van der Waals surface area contributed by atoms with Crippen LogP contribution in [0, 0.1) is 0 Å². The second kappa shape index (κ2) is 6.48. The van der Waals surface area contributed by atoms with Crippen LogP contribution in [0.1, 0.15) is 27.7 Å². The summed E-state index contributed by atoms with van der Waals surface area (Å²) in [5, 5.41) is 1.83. The number of esters is 1. The molecule has 3 aliphatic heterocycles. The Bertz CT molecular complexity index is 948. The summed E-state index contributed by atoms with van der Waals surface area (Å²) in [6.07, 6.45) is -3.39. The number of hydrogen-bond donors (Lipinski definition) is 0. The van der Waals surface area contributed by atoms with Gasteiger partial charge in [0, 0.05) is 5.39 Å². The molecule has 0 radical (unpaired) electrons. The summed E-state index contributed by atoms with van der Waals surface area (Å²) in [6, 6.07) is 13.3. The van der Waals surface area contributed by atoms with Crippen molar-refractivity contribution in [2.45, 2.75) is 70.0 Å². The second-order valence-corrected chi connectivity index (χ2v) is 8.49. The smallest absolute Gasteiger partial charge is 0.343 e. The van der Waals surface area contributed by atoms with E-state index in [-0.39, 0.29) is 0 Å². The first kappa shape index (κ1) is 19.0. The Morgan fingerprint density at radius 2 is 1.48 bits per heavy atom. The fourth-order valence-corrected chi connectivity index (χ4v) is 4.25. The number of carbonyl (C=O) groups is 1. The molecule has 3 fully saturated rings. The molecule has 0 N–H and O–H groups in total. The van der Waals surface area contributed by atoms with Gasteiger partial charge in [-0.3, -0.25) is 0 Å². The molecule has 5 atom stereocenters. The average molecular weight is 400 g/mol. The van der Waals surface area contributed by atoms with Crippen molar-refractivity contribution in [2.24, 2.45) is 0 Å². The van der Waals surface area contributed by atoms with Gasteiger partial charge >= 0.3 is 5.97 Å². The molecule has 154 valence electrons. The van der Waals surface area contributed by atoms with Crippen molar-refractivity contribution >= 4 is 16.7 Å². The maximum atomic E-state index is 13.1. The quantitative estimate of drug-likeness (QED) is 0.566. The van der Waals surface area contributed by atoms with E-state index in [0.29, 0.717) is 5.75 Å². The van der Waals surface area contributed by atoms with Gasteiger partial charge in [-0.05, 0) is 39.1 Å². The predicted molar refractivity (Wildman–Crippen MR) is 102 cm³/mol. The molecule has 7 heteroatoms. The van der Waals surface area contributed by atoms with Crippen LogP contribution in [0.3, 0.4) is 0 Å². The van der Waals surface area contributed by atoms with Gasteiger partial charge in [0.25, 0.3) is 0 Å². The molecule has 0 aromatic heterocycles. The van der Waals surface area contributed by atoms with E-state index >= 15 is 0 Å². The summed E-state index contributed by atoms with van der Waals surface area (Å²) in [5.41, 5.74) is 0. The van der Waals surface area contributed by atoms with E-state index in [1.165, 1.54) is 0 Å². The first-order valence-electron chi connectivity index (χ1n) is 9.79. The van der Waals surface area contributed by atoms with Gasteiger partial charge < -0.3 is 28.4 Å². The third-order valence-electron chi connectivity index (χ3n) is 5.35. The van der Waals surface area contributed by atoms with Crippen LogP contribution >= 0.6 is 0 Å². The number of carbonyl (C=O) groups excluding carboxylic acids is 1. The van der Waals surface area contributed by atoms with Gasteiger partial charge in [0.05, 0.1) is 0 Å². The Kier molecular flexibility index (Phi) is 4.24. The lowest BCUT2D eigenvalue weighted by molar-refractivity contribution is -0.236. The second-order valence-electron chi connectivity index (χ2n) is 8.49. The zero-order valence-corrected chi connectivity index (χ0v) is 16.8. The lowest BCUT2D eigenvalue weighted by Gasteiger charge is -2.35. The van der Waals surface area contributed by atoms with Crippen molar-refractivity contribution < 1.29 is 33.2 Å². The highest BCUT2D eigenvalue weighted by atomic mass is 16.9. The molecule has 0 aliphatic carbocycles. The number of benzene rings is 2. The van der Waals surface area contributed by atoms with Crippen LogP contribution in [0.4, 0.5) is 0 Å². The van der Waals surface area contributed by atoms with E-state index in [4.69, 9.17) is 28.4 Å². The van der Waals surface area contributed by atoms with Crippen LogP contribution in [0.2, 0.25) is 0 Å². The maximum Gasteiger partial charge on any atom is 0.343 e. The lowest BCUT2D eigenvalue weighted by Crippen LogP contribution is -2.58. The van der Waals surface area contributed by atoms with Crippen LogP contribution in [-0.4, -0.2) is 48.2 Å². The summed E-state index contributed by atoms with van der Waals surface area (Å²) in [6.45, 7) is 7.20. The van der Waals surface area contributed by atoms with Crippen molar-refractivity contribution in [3.63, 3.8) is 0 Å². The topological polar surface area (TPSA) is 72.5 Å². The fourth-order valence-electron chi connectivity index (χ4n) is 4.25. The van der Waals surface area contributed by atoms with Crippen LogP contribution in [0.5, 0.6) is 5.75 Å². The van der Waals surface area contributed by atoms with Gasteiger partial charge in [0.1, 0.15) is 24.1 Å². The molecule has 0 saturated carbocycles. The van der Waals surface area contributed by atoms with Crippen molar-refractivity contribution in [1.29, 1.82) is 0 Å². The highest BCUT2D eigenvalue weighted by molar-refractivity contribution is 5.91. The van der Waals surface area contributed by atoms with Crippen LogP contribution in [-0.2, 0) is 28.5 Å². The van der Waals surface area contributed by atoms with E-state index in [1.807, 2.05) is 36.4 Å². The van der Waals surface area contributed by atoms with Crippen molar-refractivity contribution in [3.8, 4) is 5.75 Å². The standard InChI is InChI=1S/C22H24O7/c1-21(2)26-15-16(27-21)18-20(29-22(3,4)28-18)25-17(15)19(23)24-14-11-7-9-12-8-5-6-10-13(12)14/h5-11,15-18,20H,1-4H3/t15-,16+,17+,18+,20+/m1/s1. The molecule has 29 heavy (non-hydrogen) atoms. The molecule has 0 bridgehead atoms. The summed E-state index contributed by atoms with van der Waals surface area (Å²) in [5.74, 6) is -1.80. The molecule has 3 saturated heterocycles. The van der Waals surface area contributed by atoms with Crippen LogP contribution in [0.25, 0.3) is 10.8 Å². The number of fused-ring (bicyclic) bond motifs is 4. The molecule has 2 aromatic rings. The number of hydrogen-bond acceptors (Lipinski definition) is 7. The molecule has 5 rings (SSSR count). The van der Waals surface area contributed by atoms with E-state index < -0.39 is 48.2 Å². The third-order valence-corrected chi connectivity index (χ3v) is 5.35. The summed E-state index contributed by atoms with van der Waals surface area (Å²) in [4.78, 5) is 13.1. The Hall–Kier alpha value is -2.03. The monoisotopic (exact) mass is 400 g/mol. The van der Waals surface area contributed by atoms with Gasteiger partial charge in [0.15, 0.2) is 24.0 Å². The molecule has 2 aromatic carbocycles. The van der Waals surface area contributed by atoms with Gasteiger partial charge in [-0.25, -0.2) is 4.79 Å². The lowest BCUT2D eigenvalue weighted by atomic mass is 9.99. The molecule has 3 heterocycles. The van der Waals surface area contributed by atoms with Gasteiger partial charge in [-0.15, -0.1) is 0 Å². The summed E-state index contributed by atoms with van der Waals surface area (Å²) in [7, 11) is 0. The number of rotatable bonds is 2. The van der Waals surface area contributed by atoms with Crippen molar-refractivity contribution in [3.05, 3.63) is 42.5 Å². The Morgan fingerprint density at radius 3 is 2.31 bits per heavy atom. The Balaban J connectivity index is 1.44.